The van der Waals surface area contributed by atoms with Crippen molar-refractivity contribution in [3.05, 3.63) is 41.5 Å². The average molecular weight is 284 g/mol. The number of imide groups is 1. The molecule has 1 aromatic carbocycles. The monoisotopic (exact) mass is 284 g/mol. The molecule has 0 atom stereocenters. The van der Waals surface area contributed by atoms with Gasteiger partial charge in [-0.15, -0.1) is 0 Å². The highest BCUT2D eigenvalue weighted by molar-refractivity contribution is 6.21. The second-order valence-corrected chi connectivity index (χ2v) is 4.46. The van der Waals surface area contributed by atoms with Crippen LogP contribution in [0.1, 0.15) is 20.7 Å². The van der Waals surface area contributed by atoms with E-state index in [-0.39, 0.29) is 5.91 Å². The maximum Gasteiger partial charge on any atom is 0.259 e. The van der Waals surface area contributed by atoms with Crippen molar-refractivity contribution >= 4 is 29.0 Å². The molecule has 0 saturated heterocycles. The van der Waals surface area contributed by atoms with Crippen molar-refractivity contribution in [2.45, 2.75) is 0 Å². The first-order valence-electron chi connectivity index (χ1n) is 6.16. The summed E-state index contributed by atoms with van der Waals surface area (Å²) in [5, 5.41) is 5.27. The zero-order valence-electron chi connectivity index (χ0n) is 11.1. The van der Waals surface area contributed by atoms with Gasteiger partial charge in [-0.1, -0.05) is 0 Å². The van der Waals surface area contributed by atoms with Gasteiger partial charge in [-0.2, -0.15) is 4.98 Å². The Balaban J connectivity index is 1.91. The summed E-state index contributed by atoms with van der Waals surface area (Å²) >= 11 is 0. The summed E-state index contributed by atoms with van der Waals surface area (Å²) in [6.07, 6.45) is 0. The standard InChI is InChI=1S/C14H12N4O3/c1-21-14-10(15)4-5-11(17-14)16-7-2-3-8-9(6-7)13(20)18-12(8)19/h2-6H,15H2,1H3,(H,16,17)(H,18,19,20). The van der Waals surface area contributed by atoms with Crippen molar-refractivity contribution in [2.24, 2.45) is 0 Å². The molecule has 0 aliphatic carbocycles. The van der Waals surface area contributed by atoms with E-state index >= 15 is 0 Å². The van der Waals surface area contributed by atoms with Gasteiger partial charge in [-0.3, -0.25) is 14.9 Å². The van der Waals surface area contributed by atoms with Gasteiger partial charge >= 0.3 is 0 Å². The summed E-state index contributed by atoms with van der Waals surface area (Å²) in [7, 11) is 1.48. The third kappa shape index (κ3) is 2.25. The molecule has 3 rings (SSSR count). The van der Waals surface area contributed by atoms with Crippen molar-refractivity contribution < 1.29 is 14.3 Å². The summed E-state index contributed by atoms with van der Waals surface area (Å²) < 4.78 is 5.04. The Labute approximate surface area is 120 Å². The number of nitrogen functional groups attached to an aromatic ring is 1. The first kappa shape index (κ1) is 12.9. The number of nitrogens with two attached hydrogens (primary N) is 1. The molecule has 0 unspecified atom stereocenters. The summed E-state index contributed by atoms with van der Waals surface area (Å²) in [6.45, 7) is 0. The first-order chi connectivity index (χ1) is 10.1. The fourth-order valence-electron chi connectivity index (χ4n) is 2.08. The van der Waals surface area contributed by atoms with E-state index in [1.165, 1.54) is 7.11 Å². The highest BCUT2D eigenvalue weighted by Crippen LogP contribution is 2.25. The number of fused-ring (bicyclic) bond motifs is 1. The van der Waals surface area contributed by atoms with E-state index in [1.807, 2.05) is 0 Å². The Hall–Kier alpha value is -3.09. The Kier molecular flexibility index (Phi) is 2.94. The third-order valence-corrected chi connectivity index (χ3v) is 3.09. The van der Waals surface area contributed by atoms with Crippen LogP contribution in [0.5, 0.6) is 5.88 Å². The third-order valence-electron chi connectivity index (χ3n) is 3.09. The van der Waals surface area contributed by atoms with Gasteiger partial charge in [0.05, 0.1) is 23.9 Å². The quantitative estimate of drug-likeness (QED) is 0.733. The van der Waals surface area contributed by atoms with E-state index < -0.39 is 5.91 Å². The van der Waals surface area contributed by atoms with Crippen LogP contribution in [-0.2, 0) is 0 Å². The number of methoxy groups -OCH3 is 1. The fourth-order valence-corrected chi connectivity index (χ4v) is 2.08. The summed E-state index contributed by atoms with van der Waals surface area (Å²) in [6, 6.07) is 8.24. The number of hydrogen-bond acceptors (Lipinski definition) is 6. The zero-order chi connectivity index (χ0) is 15.0. The predicted molar refractivity (Wildman–Crippen MR) is 76.7 cm³/mol. The number of amides is 2. The van der Waals surface area contributed by atoms with Crippen LogP contribution in [0.4, 0.5) is 17.2 Å². The molecule has 4 N–H and O–H groups in total. The Morgan fingerprint density at radius 1 is 1.14 bits per heavy atom. The average Bonchev–Trinajstić information content (AvgIpc) is 2.76. The number of anilines is 3. The van der Waals surface area contributed by atoms with Gasteiger partial charge < -0.3 is 15.8 Å². The summed E-state index contributed by atoms with van der Waals surface area (Å²) in [5.74, 6) is 0.0511. The maximum absolute atomic E-state index is 11.6. The maximum atomic E-state index is 11.6. The Morgan fingerprint density at radius 2 is 1.90 bits per heavy atom. The van der Waals surface area contributed by atoms with Crippen molar-refractivity contribution in [1.29, 1.82) is 0 Å². The van der Waals surface area contributed by atoms with Gasteiger partial charge in [0.25, 0.3) is 11.8 Å². The van der Waals surface area contributed by atoms with Gasteiger partial charge in [-0.05, 0) is 30.3 Å². The minimum Gasteiger partial charge on any atom is -0.479 e. The van der Waals surface area contributed by atoms with Gasteiger partial charge in [0.2, 0.25) is 5.88 Å². The number of nitrogens with one attached hydrogen (secondary N) is 2. The second-order valence-electron chi connectivity index (χ2n) is 4.46. The molecule has 0 radical (unpaired) electrons. The Bertz CT molecular complexity index is 758. The lowest BCUT2D eigenvalue weighted by Crippen LogP contribution is -2.19. The minimum absolute atomic E-state index is 0.314. The molecular weight excluding hydrogens is 272 g/mol. The van der Waals surface area contributed by atoms with Gasteiger partial charge in [0.1, 0.15) is 5.82 Å². The van der Waals surface area contributed by atoms with Crippen LogP contribution < -0.4 is 21.1 Å². The van der Waals surface area contributed by atoms with Crippen molar-refractivity contribution in [1.82, 2.24) is 10.3 Å². The largest absolute Gasteiger partial charge is 0.479 e. The van der Waals surface area contributed by atoms with E-state index in [2.05, 4.69) is 15.6 Å². The molecule has 0 bridgehead atoms. The molecule has 106 valence electrons. The molecule has 2 amide bonds. The van der Waals surface area contributed by atoms with Gasteiger partial charge in [-0.25, -0.2) is 0 Å². The van der Waals surface area contributed by atoms with Crippen LogP contribution in [-0.4, -0.2) is 23.9 Å². The number of ether oxygens (including phenoxy) is 1. The number of aromatic nitrogens is 1. The molecule has 1 aromatic heterocycles. The van der Waals surface area contributed by atoms with Gasteiger partial charge in [0, 0.05) is 5.69 Å². The van der Waals surface area contributed by atoms with Crippen LogP contribution in [0.15, 0.2) is 30.3 Å². The number of carbonyl (C=O) groups excluding carboxylic acids is 2. The van der Waals surface area contributed by atoms with Crippen LogP contribution in [0.25, 0.3) is 0 Å². The van der Waals surface area contributed by atoms with Crippen LogP contribution in [0, 0.1) is 0 Å². The molecule has 7 heteroatoms. The van der Waals surface area contributed by atoms with Crippen molar-refractivity contribution in [2.75, 3.05) is 18.2 Å². The molecule has 0 fully saturated rings. The lowest BCUT2D eigenvalue weighted by Gasteiger charge is -2.09. The lowest BCUT2D eigenvalue weighted by atomic mass is 10.1. The fraction of sp³-hybridized carbons (Fsp3) is 0.0714. The molecule has 21 heavy (non-hydrogen) atoms. The topological polar surface area (TPSA) is 106 Å². The molecule has 0 spiro atoms. The predicted octanol–water partition coefficient (Wildman–Crippen LogP) is 1.30. The Morgan fingerprint density at radius 3 is 2.67 bits per heavy atom. The highest BCUT2D eigenvalue weighted by Gasteiger charge is 2.26. The molecule has 2 heterocycles. The van der Waals surface area contributed by atoms with Gasteiger partial charge in [0.15, 0.2) is 0 Å². The number of carbonyl (C=O) groups is 2. The smallest absolute Gasteiger partial charge is 0.259 e. The molecule has 0 saturated carbocycles. The van der Waals surface area contributed by atoms with E-state index in [4.69, 9.17) is 10.5 Å². The number of nitrogens with zero attached hydrogens (tertiary/aromatic N) is 1. The highest BCUT2D eigenvalue weighted by atomic mass is 16.5. The SMILES string of the molecule is COc1nc(Nc2ccc3c(c2)C(=O)NC3=O)ccc1N. The number of rotatable bonds is 3. The first-order valence-corrected chi connectivity index (χ1v) is 6.16. The number of hydrogen-bond donors (Lipinski definition) is 3. The number of pyridine rings is 1. The van der Waals surface area contributed by atoms with Crippen molar-refractivity contribution in [3.63, 3.8) is 0 Å². The van der Waals surface area contributed by atoms with Crippen LogP contribution in [0.3, 0.4) is 0 Å². The molecule has 7 nitrogen and oxygen atoms in total. The van der Waals surface area contributed by atoms with E-state index in [1.54, 1.807) is 30.3 Å². The van der Waals surface area contributed by atoms with E-state index in [9.17, 15) is 9.59 Å². The minimum atomic E-state index is -0.401. The molecule has 1 aliphatic heterocycles. The molecule has 1 aliphatic rings. The number of benzene rings is 1. The van der Waals surface area contributed by atoms with E-state index in [0.717, 1.165) is 0 Å². The van der Waals surface area contributed by atoms with E-state index in [0.29, 0.717) is 34.2 Å². The second kappa shape index (κ2) is 4.78. The molecule has 2 aromatic rings. The normalized spacial score (nSPS) is 12.8. The zero-order valence-corrected chi connectivity index (χ0v) is 11.1. The summed E-state index contributed by atoms with van der Waals surface area (Å²) in [4.78, 5) is 27.3. The molecular formula is C14H12N4O3. The lowest BCUT2D eigenvalue weighted by molar-refractivity contribution is 0.0879. The van der Waals surface area contributed by atoms with Crippen LogP contribution >= 0.6 is 0 Å². The van der Waals surface area contributed by atoms with Crippen LogP contribution in [0.2, 0.25) is 0 Å². The summed E-state index contributed by atoms with van der Waals surface area (Å²) in [5.41, 5.74) is 7.47. The van der Waals surface area contributed by atoms with Crippen molar-refractivity contribution in [3.8, 4) is 5.88 Å².